The van der Waals surface area contributed by atoms with E-state index in [0.717, 1.165) is 24.3 Å². The first-order valence-electron chi connectivity index (χ1n) is 6.92. The molecule has 3 rings (SSSR count). The number of carbonyl (C=O) groups is 1. The molecule has 0 radical (unpaired) electrons. The van der Waals surface area contributed by atoms with E-state index in [1.54, 1.807) is 0 Å². The van der Waals surface area contributed by atoms with E-state index >= 15 is 0 Å². The molecule has 2 aromatic rings. The number of fused-ring (bicyclic) bond motifs is 1. The Bertz CT molecular complexity index is 664. The van der Waals surface area contributed by atoms with Crippen LogP contribution < -0.4 is 0 Å². The lowest BCUT2D eigenvalue weighted by Crippen LogP contribution is -2.47. The average Bonchev–Trinajstić information content (AvgIpc) is 2.94. The van der Waals surface area contributed by atoms with E-state index in [2.05, 4.69) is 4.98 Å². The normalized spacial score (nSPS) is 23.5. The maximum absolute atomic E-state index is 11.5. The maximum Gasteiger partial charge on any atom is 0.323 e. The summed E-state index contributed by atoms with van der Waals surface area (Å²) in [7, 11) is 0. The van der Waals surface area contributed by atoms with Crippen LogP contribution in [0.5, 0.6) is 0 Å². The molecule has 20 heavy (non-hydrogen) atoms. The summed E-state index contributed by atoms with van der Waals surface area (Å²) < 4.78 is 2.00. The number of carboxylic acid groups (broad SMARTS) is 1. The van der Waals surface area contributed by atoms with Crippen LogP contribution in [-0.4, -0.2) is 37.4 Å². The SMILES string of the molecule is Cc1ccc2nc(CN3CCCC3(C)C(=O)O)cn2c1. The van der Waals surface area contributed by atoms with E-state index < -0.39 is 11.5 Å². The fraction of sp³-hybridized carbons (Fsp3) is 0.467. The number of pyridine rings is 1. The van der Waals surface area contributed by atoms with Gasteiger partial charge in [-0.25, -0.2) is 4.98 Å². The van der Waals surface area contributed by atoms with Gasteiger partial charge in [-0.15, -0.1) is 0 Å². The first kappa shape index (κ1) is 13.1. The zero-order chi connectivity index (χ0) is 14.3. The minimum Gasteiger partial charge on any atom is -0.480 e. The number of rotatable bonds is 3. The van der Waals surface area contributed by atoms with Crippen LogP contribution in [0.3, 0.4) is 0 Å². The summed E-state index contributed by atoms with van der Waals surface area (Å²) in [5.41, 5.74) is 2.25. The topological polar surface area (TPSA) is 57.8 Å². The first-order valence-corrected chi connectivity index (χ1v) is 6.92. The van der Waals surface area contributed by atoms with Crippen molar-refractivity contribution in [2.24, 2.45) is 0 Å². The number of nitrogens with zero attached hydrogens (tertiary/aromatic N) is 3. The van der Waals surface area contributed by atoms with Crippen LogP contribution in [0.1, 0.15) is 31.0 Å². The molecule has 106 valence electrons. The van der Waals surface area contributed by atoms with Gasteiger partial charge >= 0.3 is 5.97 Å². The van der Waals surface area contributed by atoms with E-state index in [-0.39, 0.29) is 0 Å². The number of hydrogen-bond donors (Lipinski definition) is 1. The van der Waals surface area contributed by atoms with Crippen LogP contribution in [0.25, 0.3) is 5.65 Å². The Hall–Kier alpha value is -1.88. The molecular weight excluding hydrogens is 254 g/mol. The Morgan fingerprint density at radius 2 is 2.25 bits per heavy atom. The number of aliphatic carboxylic acids is 1. The van der Waals surface area contributed by atoms with Crippen molar-refractivity contribution in [3.63, 3.8) is 0 Å². The Morgan fingerprint density at radius 3 is 3.00 bits per heavy atom. The molecule has 0 spiro atoms. The third-order valence-electron chi connectivity index (χ3n) is 4.25. The molecule has 1 atom stereocenters. The molecule has 1 aliphatic rings. The number of carboxylic acids is 1. The number of imidazole rings is 1. The van der Waals surface area contributed by atoms with Gasteiger partial charge in [-0.1, -0.05) is 6.07 Å². The molecule has 0 aliphatic carbocycles. The molecule has 1 saturated heterocycles. The third-order valence-corrected chi connectivity index (χ3v) is 4.25. The van der Waals surface area contributed by atoms with Crippen molar-refractivity contribution in [3.05, 3.63) is 35.8 Å². The summed E-state index contributed by atoms with van der Waals surface area (Å²) in [6.07, 6.45) is 5.65. The largest absolute Gasteiger partial charge is 0.480 e. The van der Waals surface area contributed by atoms with Crippen LogP contribution in [0.15, 0.2) is 24.5 Å². The summed E-state index contributed by atoms with van der Waals surface area (Å²) in [6.45, 7) is 5.25. The van der Waals surface area contributed by atoms with Crippen LogP contribution in [0.4, 0.5) is 0 Å². The second kappa shape index (κ2) is 4.59. The zero-order valence-corrected chi connectivity index (χ0v) is 11.8. The van der Waals surface area contributed by atoms with Gasteiger partial charge in [-0.05, 0) is 44.9 Å². The number of hydrogen-bond acceptors (Lipinski definition) is 3. The van der Waals surface area contributed by atoms with E-state index in [9.17, 15) is 9.90 Å². The van der Waals surface area contributed by atoms with Gasteiger partial charge in [0.15, 0.2) is 0 Å². The van der Waals surface area contributed by atoms with Gasteiger partial charge in [0, 0.05) is 18.9 Å². The zero-order valence-electron chi connectivity index (χ0n) is 11.8. The summed E-state index contributed by atoms with van der Waals surface area (Å²) in [5, 5.41) is 9.43. The maximum atomic E-state index is 11.5. The molecule has 1 aliphatic heterocycles. The van der Waals surface area contributed by atoms with Crippen molar-refractivity contribution in [2.75, 3.05) is 6.54 Å². The highest BCUT2D eigenvalue weighted by molar-refractivity contribution is 5.78. The van der Waals surface area contributed by atoms with Crippen molar-refractivity contribution in [3.8, 4) is 0 Å². The van der Waals surface area contributed by atoms with Crippen molar-refractivity contribution < 1.29 is 9.90 Å². The van der Waals surface area contributed by atoms with E-state index in [1.165, 1.54) is 5.56 Å². The molecule has 2 aromatic heterocycles. The second-order valence-corrected chi connectivity index (χ2v) is 5.81. The fourth-order valence-corrected chi connectivity index (χ4v) is 2.94. The molecule has 0 bridgehead atoms. The lowest BCUT2D eigenvalue weighted by atomic mass is 9.99. The van der Waals surface area contributed by atoms with E-state index in [1.807, 2.05) is 47.7 Å². The summed E-state index contributed by atoms with van der Waals surface area (Å²) in [5.74, 6) is -0.741. The van der Waals surface area contributed by atoms with Crippen molar-refractivity contribution in [1.82, 2.24) is 14.3 Å². The number of likely N-dealkylation sites (tertiary alicyclic amines) is 1. The first-order chi connectivity index (χ1) is 9.49. The van der Waals surface area contributed by atoms with Crippen molar-refractivity contribution in [1.29, 1.82) is 0 Å². The lowest BCUT2D eigenvalue weighted by molar-refractivity contribution is -0.148. The van der Waals surface area contributed by atoms with Gasteiger partial charge in [0.1, 0.15) is 11.2 Å². The standard InChI is InChI=1S/C15H19N3O2/c1-11-4-5-13-16-12(9-17(13)8-11)10-18-7-3-6-15(18,2)14(19)20/h4-5,8-9H,3,6-7,10H2,1-2H3,(H,19,20). The molecule has 0 amide bonds. The molecule has 3 heterocycles. The molecule has 0 saturated carbocycles. The van der Waals surface area contributed by atoms with Gasteiger partial charge in [0.05, 0.1) is 5.69 Å². The van der Waals surface area contributed by atoms with Crippen LogP contribution >= 0.6 is 0 Å². The van der Waals surface area contributed by atoms with Crippen molar-refractivity contribution in [2.45, 2.75) is 38.8 Å². The van der Waals surface area contributed by atoms with E-state index in [4.69, 9.17) is 0 Å². The highest BCUT2D eigenvalue weighted by Crippen LogP contribution is 2.30. The molecule has 1 fully saturated rings. The molecular formula is C15H19N3O2. The predicted octanol–water partition coefficient (Wildman–Crippen LogP) is 2.08. The van der Waals surface area contributed by atoms with Gasteiger partial charge in [0.2, 0.25) is 0 Å². The highest BCUT2D eigenvalue weighted by Gasteiger charge is 2.43. The van der Waals surface area contributed by atoms with Crippen LogP contribution in [-0.2, 0) is 11.3 Å². The Kier molecular flexibility index (Phi) is 3.01. The molecule has 0 aromatic carbocycles. The minimum atomic E-state index is -0.758. The highest BCUT2D eigenvalue weighted by atomic mass is 16.4. The number of aryl methyl sites for hydroxylation is 1. The summed E-state index contributed by atoms with van der Waals surface area (Å²) in [4.78, 5) is 18.1. The lowest BCUT2D eigenvalue weighted by Gasteiger charge is -2.30. The van der Waals surface area contributed by atoms with Crippen LogP contribution in [0.2, 0.25) is 0 Å². The predicted molar refractivity (Wildman–Crippen MR) is 75.6 cm³/mol. The molecule has 5 nitrogen and oxygen atoms in total. The van der Waals surface area contributed by atoms with Gasteiger partial charge in [-0.2, -0.15) is 0 Å². The van der Waals surface area contributed by atoms with Gasteiger partial charge in [-0.3, -0.25) is 9.69 Å². The number of aromatic nitrogens is 2. The molecule has 5 heteroatoms. The Balaban J connectivity index is 1.87. The third kappa shape index (κ3) is 2.08. The quantitative estimate of drug-likeness (QED) is 0.930. The summed E-state index contributed by atoms with van der Waals surface area (Å²) in [6, 6.07) is 4.02. The Morgan fingerprint density at radius 1 is 1.45 bits per heavy atom. The Labute approximate surface area is 117 Å². The monoisotopic (exact) mass is 273 g/mol. The molecule has 1 unspecified atom stereocenters. The van der Waals surface area contributed by atoms with Crippen LogP contribution in [0, 0.1) is 6.92 Å². The molecule has 1 N–H and O–H groups in total. The summed E-state index contributed by atoms with van der Waals surface area (Å²) >= 11 is 0. The van der Waals surface area contributed by atoms with Crippen molar-refractivity contribution >= 4 is 11.6 Å². The van der Waals surface area contributed by atoms with E-state index in [0.29, 0.717) is 13.0 Å². The second-order valence-electron chi connectivity index (χ2n) is 5.81. The van der Waals surface area contributed by atoms with Gasteiger partial charge in [0.25, 0.3) is 0 Å². The minimum absolute atomic E-state index is 0.587. The smallest absolute Gasteiger partial charge is 0.323 e. The van der Waals surface area contributed by atoms with Gasteiger partial charge < -0.3 is 9.51 Å². The fourth-order valence-electron chi connectivity index (χ4n) is 2.94. The average molecular weight is 273 g/mol.